The Morgan fingerprint density at radius 3 is 2.60 bits per heavy atom. The zero-order valence-corrected chi connectivity index (χ0v) is 19.0. The summed E-state index contributed by atoms with van der Waals surface area (Å²) < 4.78 is 0. The van der Waals surface area contributed by atoms with E-state index in [1.165, 1.54) is 11.3 Å². The van der Waals surface area contributed by atoms with E-state index in [1.54, 1.807) is 11.8 Å². The number of thioether (sulfide) groups is 1. The van der Waals surface area contributed by atoms with Crippen LogP contribution in [0.4, 0.5) is 5.69 Å². The number of benzodiazepines with no additional fused rings is 1. The predicted molar refractivity (Wildman–Crippen MR) is 133 cm³/mol. The SMILES string of the molecule is CN1CCN=C(/C=C/c2cccc(Cl)c2SCc2ccc(Cl)cc2)c2ccccc21. The highest BCUT2D eigenvalue weighted by Crippen LogP contribution is 2.34. The fourth-order valence-corrected chi connectivity index (χ4v) is 4.89. The van der Waals surface area contributed by atoms with E-state index >= 15 is 0 Å². The molecule has 5 heteroatoms. The van der Waals surface area contributed by atoms with Crippen molar-refractivity contribution in [2.75, 3.05) is 25.0 Å². The second-order valence-electron chi connectivity index (χ2n) is 7.11. The van der Waals surface area contributed by atoms with Gasteiger partial charge in [0.25, 0.3) is 0 Å². The van der Waals surface area contributed by atoms with E-state index in [9.17, 15) is 0 Å². The topological polar surface area (TPSA) is 15.6 Å². The molecule has 0 bridgehead atoms. The Morgan fingerprint density at radius 2 is 1.77 bits per heavy atom. The van der Waals surface area contributed by atoms with Crippen LogP contribution < -0.4 is 4.90 Å². The second kappa shape index (κ2) is 9.74. The Balaban J connectivity index is 1.60. The maximum atomic E-state index is 6.56. The molecule has 0 amide bonds. The van der Waals surface area contributed by atoms with Crippen LogP contribution in [0.2, 0.25) is 10.0 Å². The van der Waals surface area contributed by atoms with Crippen molar-refractivity contribution in [1.82, 2.24) is 0 Å². The summed E-state index contributed by atoms with van der Waals surface area (Å²) in [5.74, 6) is 0.830. The molecule has 1 aliphatic rings. The van der Waals surface area contributed by atoms with Crippen LogP contribution >= 0.6 is 35.0 Å². The standard InChI is InChI=1S/C25H22Cl2N2S/c1-29-16-15-28-23(21-6-2-3-8-24(21)29)14-11-19-5-4-7-22(27)25(19)30-17-18-9-12-20(26)13-10-18/h2-14H,15-17H2,1H3/b14-11+. The lowest BCUT2D eigenvalue weighted by Crippen LogP contribution is -2.20. The molecule has 4 rings (SSSR count). The molecular formula is C25H22Cl2N2S. The van der Waals surface area contributed by atoms with Gasteiger partial charge in [0.05, 0.1) is 17.3 Å². The first-order valence-electron chi connectivity index (χ1n) is 9.80. The van der Waals surface area contributed by atoms with Gasteiger partial charge in [-0.25, -0.2) is 0 Å². The average molecular weight is 453 g/mol. The maximum Gasteiger partial charge on any atom is 0.0668 e. The van der Waals surface area contributed by atoms with E-state index in [4.69, 9.17) is 28.2 Å². The quantitative estimate of drug-likeness (QED) is 0.379. The number of aliphatic imine (C=N–C) groups is 1. The van der Waals surface area contributed by atoms with Crippen molar-refractivity contribution in [2.24, 2.45) is 4.99 Å². The van der Waals surface area contributed by atoms with Gasteiger partial charge in [0.15, 0.2) is 0 Å². The largest absolute Gasteiger partial charge is 0.372 e. The summed E-state index contributed by atoms with van der Waals surface area (Å²) in [5, 5.41) is 1.51. The third-order valence-electron chi connectivity index (χ3n) is 5.02. The Hall–Kier alpha value is -2.20. The van der Waals surface area contributed by atoms with E-state index in [-0.39, 0.29) is 0 Å². The van der Waals surface area contributed by atoms with E-state index in [0.29, 0.717) is 0 Å². The number of likely N-dealkylation sites (N-methyl/N-ethyl adjacent to an activating group) is 1. The van der Waals surface area contributed by atoms with E-state index in [1.807, 2.05) is 24.3 Å². The van der Waals surface area contributed by atoms with Crippen LogP contribution in [0.1, 0.15) is 16.7 Å². The Kier molecular flexibility index (Phi) is 6.83. The summed E-state index contributed by atoms with van der Waals surface area (Å²) in [6.07, 6.45) is 4.23. The van der Waals surface area contributed by atoms with Gasteiger partial charge in [0.1, 0.15) is 0 Å². The van der Waals surface area contributed by atoms with E-state index in [0.717, 1.165) is 50.6 Å². The number of halogens is 2. The summed E-state index contributed by atoms with van der Waals surface area (Å²) in [5.41, 5.74) is 5.68. The van der Waals surface area contributed by atoms with Gasteiger partial charge in [-0.3, -0.25) is 4.99 Å². The van der Waals surface area contributed by atoms with Gasteiger partial charge in [-0.1, -0.05) is 71.7 Å². The van der Waals surface area contributed by atoms with Crippen LogP contribution in [-0.2, 0) is 5.75 Å². The number of fused-ring (bicyclic) bond motifs is 1. The molecule has 0 radical (unpaired) electrons. The van der Waals surface area contributed by atoms with Crippen LogP contribution in [0, 0.1) is 0 Å². The molecule has 0 N–H and O–H groups in total. The van der Waals surface area contributed by atoms with Crippen molar-refractivity contribution in [3.05, 3.63) is 99.5 Å². The third-order valence-corrected chi connectivity index (χ3v) is 6.92. The molecule has 0 aliphatic carbocycles. The highest BCUT2D eigenvalue weighted by atomic mass is 35.5. The molecule has 0 aromatic heterocycles. The molecular weight excluding hydrogens is 431 g/mol. The van der Waals surface area contributed by atoms with Gasteiger partial charge >= 0.3 is 0 Å². The van der Waals surface area contributed by atoms with Gasteiger partial charge < -0.3 is 4.90 Å². The van der Waals surface area contributed by atoms with Gasteiger partial charge in [-0.2, -0.15) is 0 Å². The number of anilines is 1. The highest BCUT2D eigenvalue weighted by Gasteiger charge is 2.14. The van der Waals surface area contributed by atoms with Gasteiger partial charge in [-0.15, -0.1) is 11.8 Å². The maximum absolute atomic E-state index is 6.56. The molecule has 30 heavy (non-hydrogen) atoms. The number of para-hydroxylation sites is 1. The fourth-order valence-electron chi connectivity index (χ4n) is 3.41. The number of hydrogen-bond acceptors (Lipinski definition) is 3. The Bertz CT molecular complexity index is 1090. The van der Waals surface area contributed by atoms with Crippen LogP contribution in [0.5, 0.6) is 0 Å². The first-order chi connectivity index (χ1) is 14.6. The van der Waals surface area contributed by atoms with Crippen LogP contribution in [-0.4, -0.2) is 25.8 Å². The summed E-state index contributed by atoms with van der Waals surface area (Å²) in [6.45, 7) is 1.69. The van der Waals surface area contributed by atoms with Gasteiger partial charge in [0, 0.05) is 40.5 Å². The van der Waals surface area contributed by atoms with Gasteiger partial charge in [-0.05, 0) is 41.5 Å². The molecule has 1 aliphatic heterocycles. The summed E-state index contributed by atoms with van der Waals surface area (Å²) >= 11 is 14.3. The molecule has 0 saturated carbocycles. The highest BCUT2D eigenvalue weighted by molar-refractivity contribution is 7.98. The van der Waals surface area contributed by atoms with Crippen LogP contribution in [0.25, 0.3) is 6.08 Å². The van der Waals surface area contributed by atoms with Crippen LogP contribution in [0.3, 0.4) is 0 Å². The molecule has 3 aromatic rings. The van der Waals surface area contributed by atoms with E-state index < -0.39 is 0 Å². The Labute approximate surface area is 192 Å². The van der Waals surface area contributed by atoms with Gasteiger partial charge in [0.2, 0.25) is 0 Å². The summed E-state index contributed by atoms with van der Waals surface area (Å²) in [4.78, 5) is 8.15. The number of nitrogens with zero attached hydrogens (tertiary/aromatic N) is 2. The molecule has 0 unspecified atom stereocenters. The Morgan fingerprint density at radius 1 is 0.967 bits per heavy atom. The average Bonchev–Trinajstić information content (AvgIpc) is 2.92. The number of hydrogen-bond donors (Lipinski definition) is 0. The summed E-state index contributed by atoms with van der Waals surface area (Å²) in [6, 6.07) is 22.4. The lowest BCUT2D eigenvalue weighted by Gasteiger charge is -2.18. The van der Waals surface area contributed by atoms with Crippen molar-refractivity contribution >= 4 is 52.4 Å². The minimum Gasteiger partial charge on any atom is -0.372 e. The van der Waals surface area contributed by atoms with Crippen molar-refractivity contribution in [3.63, 3.8) is 0 Å². The third kappa shape index (κ3) is 4.92. The lowest BCUT2D eigenvalue weighted by molar-refractivity contribution is 0.897. The molecule has 2 nitrogen and oxygen atoms in total. The molecule has 0 fully saturated rings. The van der Waals surface area contributed by atoms with Crippen molar-refractivity contribution in [2.45, 2.75) is 10.6 Å². The molecule has 152 valence electrons. The predicted octanol–water partition coefficient (Wildman–Crippen LogP) is 7.24. The fraction of sp³-hybridized carbons (Fsp3) is 0.160. The van der Waals surface area contributed by atoms with Crippen molar-refractivity contribution in [1.29, 1.82) is 0 Å². The van der Waals surface area contributed by atoms with E-state index in [2.05, 4.69) is 66.6 Å². The number of benzene rings is 3. The molecule has 1 heterocycles. The smallest absolute Gasteiger partial charge is 0.0668 e. The zero-order valence-electron chi connectivity index (χ0n) is 16.7. The second-order valence-corrected chi connectivity index (χ2v) is 8.94. The summed E-state index contributed by atoms with van der Waals surface area (Å²) in [7, 11) is 2.11. The zero-order chi connectivity index (χ0) is 20.9. The first kappa shape index (κ1) is 21.0. The minimum absolute atomic E-state index is 0.750. The molecule has 0 spiro atoms. The van der Waals surface area contributed by atoms with Crippen molar-refractivity contribution < 1.29 is 0 Å². The minimum atomic E-state index is 0.750. The molecule has 3 aromatic carbocycles. The molecule has 0 atom stereocenters. The number of allylic oxidation sites excluding steroid dienone is 1. The van der Waals surface area contributed by atoms with Crippen molar-refractivity contribution in [3.8, 4) is 0 Å². The normalized spacial score (nSPS) is 13.8. The number of rotatable bonds is 5. The lowest BCUT2D eigenvalue weighted by atomic mass is 10.1. The first-order valence-corrected chi connectivity index (χ1v) is 11.5. The monoisotopic (exact) mass is 452 g/mol. The van der Waals surface area contributed by atoms with Crippen LogP contribution in [0.15, 0.2) is 82.7 Å². The molecule has 0 saturated heterocycles.